The molecule has 0 aromatic heterocycles. The van der Waals surface area contributed by atoms with Gasteiger partial charge in [-0.05, 0) is 44.5 Å². The third-order valence-corrected chi connectivity index (χ3v) is 3.65. The van der Waals surface area contributed by atoms with Crippen molar-refractivity contribution in [1.82, 2.24) is 0 Å². The van der Waals surface area contributed by atoms with Crippen molar-refractivity contribution in [2.75, 3.05) is 19.5 Å². The Kier molecular flexibility index (Phi) is 5.68. The molecule has 0 fully saturated rings. The molecule has 2 aromatic carbocycles. The van der Waals surface area contributed by atoms with Crippen LogP contribution in [0.2, 0.25) is 0 Å². The number of anilines is 1. The number of hydrogen-bond acceptors (Lipinski definition) is 4. The largest absolute Gasteiger partial charge is 0.493 e. The lowest BCUT2D eigenvalue weighted by Gasteiger charge is -2.17. The van der Waals surface area contributed by atoms with Crippen molar-refractivity contribution in [3.63, 3.8) is 0 Å². The molecule has 0 heterocycles. The molecule has 1 atom stereocenters. The maximum Gasteiger partial charge on any atom is 0.265 e. The summed E-state index contributed by atoms with van der Waals surface area (Å²) in [6, 6.07) is 11.1. The Balaban J connectivity index is 2.06. The van der Waals surface area contributed by atoms with Crippen molar-refractivity contribution < 1.29 is 19.0 Å². The van der Waals surface area contributed by atoms with Gasteiger partial charge in [0, 0.05) is 11.8 Å². The van der Waals surface area contributed by atoms with Gasteiger partial charge in [0.2, 0.25) is 0 Å². The molecule has 24 heavy (non-hydrogen) atoms. The summed E-state index contributed by atoms with van der Waals surface area (Å²) in [4.78, 5) is 12.3. The van der Waals surface area contributed by atoms with Crippen molar-refractivity contribution in [1.29, 1.82) is 0 Å². The Labute approximate surface area is 142 Å². The normalized spacial score (nSPS) is 11.5. The molecule has 0 saturated heterocycles. The number of methoxy groups -OCH3 is 2. The fourth-order valence-corrected chi connectivity index (χ4v) is 2.33. The van der Waals surface area contributed by atoms with Crippen LogP contribution in [0.5, 0.6) is 17.2 Å². The fourth-order valence-electron chi connectivity index (χ4n) is 2.33. The standard InChI is InChI=1S/C19H23NO4/c1-12-6-8-16(13(2)10-12)24-14(3)19(21)20-15-7-9-17(22-4)18(11-15)23-5/h6-11,14H,1-5H3,(H,20,21)/t14-/m1/s1. The molecule has 0 aliphatic carbocycles. The molecule has 2 aromatic rings. The van der Waals surface area contributed by atoms with E-state index in [0.717, 1.165) is 11.1 Å². The van der Waals surface area contributed by atoms with Crippen LogP contribution in [0.4, 0.5) is 5.69 Å². The second-order valence-electron chi connectivity index (χ2n) is 5.59. The first kappa shape index (κ1) is 17.7. The van der Waals surface area contributed by atoms with Gasteiger partial charge in [-0.3, -0.25) is 4.79 Å². The van der Waals surface area contributed by atoms with Crippen LogP contribution in [0.15, 0.2) is 36.4 Å². The topological polar surface area (TPSA) is 56.8 Å². The molecular formula is C19H23NO4. The molecule has 0 unspecified atom stereocenters. The van der Waals surface area contributed by atoms with E-state index in [1.54, 1.807) is 39.3 Å². The van der Waals surface area contributed by atoms with Gasteiger partial charge in [-0.1, -0.05) is 17.7 Å². The maximum atomic E-state index is 12.3. The van der Waals surface area contributed by atoms with Crippen molar-refractivity contribution in [3.8, 4) is 17.2 Å². The summed E-state index contributed by atoms with van der Waals surface area (Å²) in [5.74, 6) is 1.63. The number of rotatable bonds is 6. The van der Waals surface area contributed by atoms with E-state index in [9.17, 15) is 4.79 Å². The van der Waals surface area contributed by atoms with Crippen LogP contribution >= 0.6 is 0 Å². The highest BCUT2D eigenvalue weighted by Crippen LogP contribution is 2.30. The molecule has 0 aliphatic rings. The molecule has 5 heteroatoms. The zero-order valence-electron chi connectivity index (χ0n) is 14.7. The lowest BCUT2D eigenvalue weighted by molar-refractivity contribution is -0.122. The minimum atomic E-state index is -0.625. The molecule has 1 amide bonds. The molecule has 0 radical (unpaired) electrons. The molecule has 1 N–H and O–H groups in total. The van der Waals surface area contributed by atoms with E-state index >= 15 is 0 Å². The summed E-state index contributed by atoms with van der Waals surface area (Å²) >= 11 is 0. The average molecular weight is 329 g/mol. The monoisotopic (exact) mass is 329 g/mol. The second-order valence-corrected chi connectivity index (χ2v) is 5.59. The Morgan fingerprint density at radius 1 is 0.958 bits per heavy atom. The predicted octanol–water partition coefficient (Wildman–Crippen LogP) is 3.73. The van der Waals surface area contributed by atoms with Crippen molar-refractivity contribution in [2.45, 2.75) is 26.9 Å². The van der Waals surface area contributed by atoms with Crippen LogP contribution in [-0.2, 0) is 4.79 Å². The molecule has 0 bridgehead atoms. The van der Waals surface area contributed by atoms with E-state index in [0.29, 0.717) is 22.9 Å². The predicted molar refractivity (Wildman–Crippen MR) is 94.2 cm³/mol. The van der Waals surface area contributed by atoms with Crippen LogP contribution in [0.1, 0.15) is 18.1 Å². The quantitative estimate of drug-likeness (QED) is 0.877. The highest BCUT2D eigenvalue weighted by molar-refractivity contribution is 5.94. The lowest BCUT2D eigenvalue weighted by Crippen LogP contribution is -2.30. The third kappa shape index (κ3) is 4.19. The van der Waals surface area contributed by atoms with E-state index in [-0.39, 0.29) is 5.91 Å². The minimum absolute atomic E-state index is 0.234. The summed E-state index contributed by atoms with van der Waals surface area (Å²) in [6.45, 7) is 5.70. The zero-order valence-corrected chi connectivity index (χ0v) is 14.7. The highest BCUT2D eigenvalue weighted by atomic mass is 16.5. The lowest BCUT2D eigenvalue weighted by atomic mass is 10.1. The first-order valence-corrected chi connectivity index (χ1v) is 7.71. The van der Waals surface area contributed by atoms with E-state index in [4.69, 9.17) is 14.2 Å². The smallest absolute Gasteiger partial charge is 0.265 e. The molecular weight excluding hydrogens is 306 g/mol. The number of carbonyl (C=O) groups is 1. The van der Waals surface area contributed by atoms with Crippen LogP contribution in [0, 0.1) is 13.8 Å². The zero-order chi connectivity index (χ0) is 17.7. The molecule has 0 aliphatic heterocycles. The summed E-state index contributed by atoms with van der Waals surface area (Å²) in [6.07, 6.45) is -0.625. The van der Waals surface area contributed by atoms with Gasteiger partial charge in [0.05, 0.1) is 14.2 Å². The van der Waals surface area contributed by atoms with Gasteiger partial charge < -0.3 is 19.5 Å². The van der Waals surface area contributed by atoms with Gasteiger partial charge >= 0.3 is 0 Å². The molecule has 5 nitrogen and oxygen atoms in total. The number of benzene rings is 2. The highest BCUT2D eigenvalue weighted by Gasteiger charge is 2.16. The van der Waals surface area contributed by atoms with E-state index in [2.05, 4.69) is 5.32 Å². The Bertz CT molecular complexity index is 727. The molecule has 0 saturated carbocycles. The van der Waals surface area contributed by atoms with E-state index in [1.165, 1.54) is 0 Å². The van der Waals surface area contributed by atoms with Gasteiger partial charge in [-0.15, -0.1) is 0 Å². The third-order valence-electron chi connectivity index (χ3n) is 3.65. The number of amides is 1. The Morgan fingerprint density at radius 2 is 1.62 bits per heavy atom. The summed E-state index contributed by atoms with van der Waals surface area (Å²) in [7, 11) is 3.12. The summed E-state index contributed by atoms with van der Waals surface area (Å²) < 4.78 is 16.2. The van der Waals surface area contributed by atoms with Gasteiger partial charge in [0.15, 0.2) is 17.6 Å². The van der Waals surface area contributed by atoms with Gasteiger partial charge in [0.25, 0.3) is 5.91 Å². The van der Waals surface area contributed by atoms with Crippen molar-refractivity contribution >= 4 is 11.6 Å². The first-order chi connectivity index (χ1) is 11.4. The van der Waals surface area contributed by atoms with Gasteiger partial charge in [-0.2, -0.15) is 0 Å². The minimum Gasteiger partial charge on any atom is -0.493 e. The maximum absolute atomic E-state index is 12.3. The molecule has 2 rings (SSSR count). The fraction of sp³-hybridized carbons (Fsp3) is 0.316. The van der Waals surface area contributed by atoms with Gasteiger partial charge in [0.1, 0.15) is 5.75 Å². The van der Waals surface area contributed by atoms with E-state index < -0.39 is 6.10 Å². The number of nitrogens with one attached hydrogen (secondary N) is 1. The van der Waals surface area contributed by atoms with E-state index in [1.807, 2.05) is 32.0 Å². The number of ether oxygens (including phenoxy) is 3. The second kappa shape index (κ2) is 7.73. The van der Waals surface area contributed by atoms with Crippen molar-refractivity contribution in [2.24, 2.45) is 0 Å². The van der Waals surface area contributed by atoms with Crippen LogP contribution in [0.25, 0.3) is 0 Å². The van der Waals surface area contributed by atoms with Gasteiger partial charge in [-0.25, -0.2) is 0 Å². The van der Waals surface area contributed by atoms with Crippen LogP contribution < -0.4 is 19.5 Å². The van der Waals surface area contributed by atoms with Crippen LogP contribution in [-0.4, -0.2) is 26.2 Å². The SMILES string of the molecule is COc1ccc(NC(=O)[C@@H](C)Oc2ccc(C)cc2C)cc1OC. The summed E-state index contributed by atoms with van der Waals surface area (Å²) in [5, 5.41) is 2.82. The summed E-state index contributed by atoms with van der Waals surface area (Å²) in [5.41, 5.74) is 2.77. The Morgan fingerprint density at radius 3 is 2.25 bits per heavy atom. The number of aryl methyl sites for hydroxylation is 2. The Hall–Kier alpha value is -2.69. The van der Waals surface area contributed by atoms with Crippen molar-refractivity contribution in [3.05, 3.63) is 47.5 Å². The number of carbonyl (C=O) groups excluding carboxylic acids is 1. The number of hydrogen-bond donors (Lipinski definition) is 1. The molecule has 128 valence electrons. The molecule has 0 spiro atoms. The van der Waals surface area contributed by atoms with Crippen LogP contribution in [0.3, 0.4) is 0 Å². The average Bonchev–Trinajstić information content (AvgIpc) is 2.57. The first-order valence-electron chi connectivity index (χ1n) is 7.71.